The number of aliphatic hydroxyl groups excluding tert-OH is 1. The second kappa shape index (κ2) is 12.2. The number of carbonyl (C=O) groups is 1. The summed E-state index contributed by atoms with van der Waals surface area (Å²) in [5.74, 6) is -0.380. The first kappa shape index (κ1) is 23.8. The third-order valence-corrected chi connectivity index (χ3v) is 11.6. The summed E-state index contributed by atoms with van der Waals surface area (Å²) in [5, 5.41) is 9.28. The minimum absolute atomic E-state index is 0.339. The van der Waals surface area contributed by atoms with Gasteiger partial charge in [-0.15, -0.1) is 0 Å². The van der Waals surface area contributed by atoms with Crippen LogP contribution in [0.3, 0.4) is 0 Å². The van der Waals surface area contributed by atoms with E-state index < -0.39 is 12.9 Å². The van der Waals surface area contributed by atoms with Crippen LogP contribution in [0.5, 0.6) is 0 Å². The van der Waals surface area contributed by atoms with Crippen molar-refractivity contribution in [1.82, 2.24) is 0 Å². The monoisotopic (exact) mass is 363 g/mol. The van der Waals surface area contributed by atoms with Gasteiger partial charge in [-0.25, -0.2) is 0 Å². The number of rotatable bonds is 15. The second-order valence-corrected chi connectivity index (χ2v) is 13.1. The number of nitrogens with two attached hydrogens (primary N) is 1. The topological polar surface area (TPSA) is 72.5 Å². The van der Waals surface area contributed by atoms with Crippen LogP contribution in [0.2, 0.25) is 0 Å². The van der Waals surface area contributed by atoms with Crippen LogP contribution in [0.4, 0.5) is 0 Å². The molecule has 1 unspecified atom stereocenters. The fourth-order valence-electron chi connectivity index (χ4n) is 3.48. The predicted octanol–water partition coefficient (Wildman–Crippen LogP) is 4.52. The first-order valence-electron chi connectivity index (χ1n) is 10.0. The maximum absolute atomic E-state index is 12.6. The van der Waals surface area contributed by atoms with Gasteiger partial charge in [0, 0.05) is 0 Å². The fourth-order valence-corrected chi connectivity index (χ4v) is 10.3. The molecule has 0 saturated heterocycles. The molecule has 0 heterocycles. The molecule has 0 aromatic heterocycles. The van der Waals surface area contributed by atoms with Gasteiger partial charge >= 0.3 is 149 Å². The van der Waals surface area contributed by atoms with Crippen LogP contribution in [0.15, 0.2) is 0 Å². The summed E-state index contributed by atoms with van der Waals surface area (Å²) < 4.78 is 6.39. The zero-order valence-corrected chi connectivity index (χ0v) is 17.5. The summed E-state index contributed by atoms with van der Waals surface area (Å²) in [4.78, 5) is 12.6. The van der Waals surface area contributed by atoms with Gasteiger partial charge in [0.05, 0.1) is 0 Å². The van der Waals surface area contributed by atoms with E-state index in [1.807, 2.05) is 0 Å². The molecule has 1 atom stereocenters. The first-order valence-corrected chi connectivity index (χ1v) is 12.9. The molecule has 0 radical (unpaired) electrons. The molecular formula is C19H42NO3P. The fraction of sp³-hybridized carbons (Fsp3) is 0.947. The molecule has 0 saturated carbocycles. The molecule has 0 amide bonds. The van der Waals surface area contributed by atoms with Crippen LogP contribution in [0.1, 0.15) is 79.1 Å². The van der Waals surface area contributed by atoms with E-state index in [0.717, 1.165) is 76.0 Å². The number of unbranched alkanes of at least 4 members (excludes halogenated alkanes) is 4. The van der Waals surface area contributed by atoms with Crippen LogP contribution in [-0.2, 0) is 9.32 Å². The number of aliphatic hydroxyl groups is 1. The van der Waals surface area contributed by atoms with Crippen molar-refractivity contribution in [3.05, 3.63) is 0 Å². The molecule has 5 heteroatoms. The van der Waals surface area contributed by atoms with Crippen molar-refractivity contribution < 1.29 is 14.4 Å². The van der Waals surface area contributed by atoms with E-state index in [0.29, 0.717) is 0 Å². The van der Waals surface area contributed by atoms with E-state index in [1.54, 1.807) is 0 Å². The van der Waals surface area contributed by atoms with E-state index in [9.17, 15) is 9.90 Å². The minimum atomic E-state index is -2.61. The normalized spacial score (nSPS) is 14.8. The standard InChI is InChI=1S/C19H42NO3P/c1-5-9-13-24(14-10-6-2,15-11-7-3,16-12-8-4)23-19(22)18(20)17-21/h18,21H,5-17,20H2,1-4H3. The van der Waals surface area contributed by atoms with Gasteiger partial charge in [0.15, 0.2) is 0 Å². The predicted molar refractivity (Wildman–Crippen MR) is 107 cm³/mol. The van der Waals surface area contributed by atoms with E-state index in [-0.39, 0.29) is 12.6 Å². The Bertz CT molecular complexity index is 306. The van der Waals surface area contributed by atoms with Gasteiger partial charge in [0.25, 0.3) is 0 Å². The quantitative estimate of drug-likeness (QED) is 0.420. The van der Waals surface area contributed by atoms with Crippen LogP contribution >= 0.6 is 6.83 Å². The Morgan fingerprint density at radius 1 is 0.875 bits per heavy atom. The Morgan fingerprint density at radius 3 is 1.46 bits per heavy atom. The zero-order valence-electron chi connectivity index (χ0n) is 16.6. The van der Waals surface area contributed by atoms with Gasteiger partial charge in [0.1, 0.15) is 0 Å². The summed E-state index contributed by atoms with van der Waals surface area (Å²) in [6.07, 6.45) is 13.0. The Morgan fingerprint density at radius 2 is 1.21 bits per heavy atom. The number of hydrogen-bond donors (Lipinski definition) is 2. The van der Waals surface area contributed by atoms with Crippen molar-refractivity contribution in [3.8, 4) is 0 Å². The molecule has 24 heavy (non-hydrogen) atoms. The van der Waals surface area contributed by atoms with Gasteiger partial charge in [-0.2, -0.15) is 0 Å². The van der Waals surface area contributed by atoms with Crippen LogP contribution < -0.4 is 5.73 Å². The van der Waals surface area contributed by atoms with E-state index >= 15 is 0 Å². The molecular weight excluding hydrogens is 321 g/mol. The summed E-state index contributed by atoms with van der Waals surface area (Å²) >= 11 is 0. The maximum atomic E-state index is 12.6. The van der Waals surface area contributed by atoms with Crippen molar-refractivity contribution >= 4 is 12.8 Å². The Kier molecular flexibility index (Phi) is 12.1. The van der Waals surface area contributed by atoms with Gasteiger partial charge in [-0.3, -0.25) is 0 Å². The Labute approximate surface area is 149 Å². The Hall–Kier alpha value is -0.180. The van der Waals surface area contributed by atoms with Gasteiger partial charge in [-0.1, -0.05) is 0 Å². The van der Waals surface area contributed by atoms with Crippen molar-refractivity contribution in [1.29, 1.82) is 0 Å². The molecule has 0 aromatic rings. The van der Waals surface area contributed by atoms with Crippen molar-refractivity contribution in [2.45, 2.75) is 85.1 Å². The molecule has 0 aliphatic heterocycles. The summed E-state index contributed by atoms with van der Waals surface area (Å²) in [6.45, 7) is 5.86. The molecule has 0 spiro atoms. The number of hydrogen-bond acceptors (Lipinski definition) is 4. The zero-order chi connectivity index (χ0) is 18.5. The molecule has 0 aromatic carbocycles. The van der Waals surface area contributed by atoms with Gasteiger partial charge in [0.2, 0.25) is 0 Å². The first-order chi connectivity index (χ1) is 11.4. The van der Waals surface area contributed by atoms with E-state index in [1.165, 1.54) is 0 Å². The van der Waals surface area contributed by atoms with Crippen LogP contribution in [0.25, 0.3) is 0 Å². The van der Waals surface area contributed by atoms with Gasteiger partial charge < -0.3 is 0 Å². The SMILES string of the molecule is CCCCP(CCCC)(CCCC)(CCCC)OC(=O)C(N)CO. The van der Waals surface area contributed by atoms with Gasteiger partial charge in [-0.05, 0) is 0 Å². The third kappa shape index (κ3) is 7.37. The van der Waals surface area contributed by atoms with Crippen molar-refractivity contribution in [3.63, 3.8) is 0 Å². The molecule has 3 N–H and O–H groups in total. The summed E-state index contributed by atoms with van der Waals surface area (Å²) in [6, 6.07) is -0.905. The second-order valence-electron chi connectivity index (χ2n) is 7.37. The molecule has 0 aliphatic rings. The molecule has 0 rings (SSSR count). The molecule has 0 fully saturated rings. The van der Waals surface area contributed by atoms with Crippen molar-refractivity contribution in [2.24, 2.45) is 5.73 Å². The molecule has 0 bridgehead atoms. The summed E-state index contributed by atoms with van der Waals surface area (Å²) in [5.41, 5.74) is 5.79. The van der Waals surface area contributed by atoms with Crippen LogP contribution in [0, 0.1) is 0 Å². The molecule has 146 valence electrons. The summed E-state index contributed by atoms with van der Waals surface area (Å²) in [7, 11) is 0. The number of carbonyl (C=O) groups excluding carboxylic acids is 1. The van der Waals surface area contributed by atoms with Crippen LogP contribution in [-0.4, -0.2) is 48.4 Å². The van der Waals surface area contributed by atoms with E-state index in [4.69, 9.17) is 10.3 Å². The Balaban J connectivity index is 5.76. The van der Waals surface area contributed by atoms with Crippen molar-refractivity contribution in [2.75, 3.05) is 31.3 Å². The molecule has 4 nitrogen and oxygen atoms in total. The average molecular weight is 364 g/mol. The van der Waals surface area contributed by atoms with E-state index in [2.05, 4.69) is 27.7 Å². The molecule has 0 aliphatic carbocycles. The average Bonchev–Trinajstić information content (AvgIpc) is 2.61. The third-order valence-electron chi connectivity index (χ3n) is 5.16.